The Balaban J connectivity index is 2.83. The first kappa shape index (κ1) is 13.4. The molecule has 0 radical (unpaired) electrons. The van der Waals surface area contributed by atoms with E-state index in [4.69, 9.17) is 0 Å². The summed E-state index contributed by atoms with van der Waals surface area (Å²) in [5.74, 6) is -0.211. The van der Waals surface area contributed by atoms with E-state index in [0.717, 1.165) is 0 Å². The average molecular weight is 255 g/mol. The Morgan fingerprint density at radius 2 is 2.00 bits per heavy atom. The van der Waals surface area contributed by atoms with Gasteiger partial charge >= 0.3 is 0 Å². The van der Waals surface area contributed by atoms with E-state index < -0.39 is 14.8 Å². The van der Waals surface area contributed by atoms with E-state index in [-0.39, 0.29) is 23.6 Å². The first-order valence-electron chi connectivity index (χ1n) is 5.00. The third-order valence-corrected chi connectivity index (χ3v) is 3.81. The number of nitrogens with zero attached hydrogens (tertiary/aromatic N) is 1. The van der Waals surface area contributed by atoms with E-state index in [0.29, 0.717) is 5.56 Å². The zero-order valence-electron chi connectivity index (χ0n) is 9.20. The summed E-state index contributed by atoms with van der Waals surface area (Å²) in [6.07, 6.45) is 1.46. The molecule has 0 atom stereocenters. The number of aryl methyl sites for hydroxylation is 1. The molecule has 0 aromatic heterocycles. The van der Waals surface area contributed by atoms with Crippen molar-refractivity contribution in [3.63, 3.8) is 0 Å². The minimum atomic E-state index is -3.21. The summed E-state index contributed by atoms with van der Waals surface area (Å²) < 4.78 is 22.9. The van der Waals surface area contributed by atoms with E-state index in [9.17, 15) is 18.5 Å². The van der Waals surface area contributed by atoms with Crippen molar-refractivity contribution in [2.75, 3.05) is 11.5 Å². The van der Waals surface area contributed by atoms with Gasteiger partial charge in [0.25, 0.3) is 5.69 Å². The summed E-state index contributed by atoms with van der Waals surface area (Å²) in [6, 6.07) is 6.15. The largest absolute Gasteiger partial charge is 0.272 e. The van der Waals surface area contributed by atoms with Crippen molar-refractivity contribution in [3.8, 4) is 0 Å². The van der Waals surface area contributed by atoms with E-state index >= 15 is 0 Å². The summed E-state index contributed by atoms with van der Waals surface area (Å²) in [6.45, 7) is 3.36. The van der Waals surface area contributed by atoms with Crippen LogP contribution in [-0.4, -0.2) is 24.8 Å². The summed E-state index contributed by atoms with van der Waals surface area (Å²) in [5.41, 5.74) is 0.395. The zero-order valence-corrected chi connectivity index (χ0v) is 10.0. The molecular formula is C11H13NO4S. The van der Waals surface area contributed by atoms with Crippen LogP contribution in [-0.2, 0) is 16.3 Å². The molecule has 0 spiro atoms. The Kier molecular flexibility index (Phi) is 4.39. The molecule has 0 saturated carbocycles. The quantitative estimate of drug-likeness (QED) is 0.440. The van der Waals surface area contributed by atoms with Crippen LogP contribution in [0.2, 0.25) is 0 Å². The van der Waals surface area contributed by atoms with Gasteiger partial charge in [-0.25, -0.2) is 8.42 Å². The monoisotopic (exact) mass is 255 g/mol. The van der Waals surface area contributed by atoms with E-state index in [1.165, 1.54) is 12.1 Å². The van der Waals surface area contributed by atoms with Crippen molar-refractivity contribution in [2.24, 2.45) is 0 Å². The van der Waals surface area contributed by atoms with Gasteiger partial charge in [-0.3, -0.25) is 10.1 Å². The fourth-order valence-electron chi connectivity index (χ4n) is 1.43. The average Bonchev–Trinajstić information content (AvgIpc) is 2.27. The maximum absolute atomic E-state index is 11.4. The zero-order chi connectivity index (χ0) is 12.9. The van der Waals surface area contributed by atoms with Crippen molar-refractivity contribution in [2.45, 2.75) is 6.42 Å². The highest BCUT2D eigenvalue weighted by Gasteiger charge is 2.15. The van der Waals surface area contributed by atoms with Gasteiger partial charge in [0.1, 0.15) is 0 Å². The predicted molar refractivity (Wildman–Crippen MR) is 65.7 cm³/mol. The van der Waals surface area contributed by atoms with Gasteiger partial charge in [-0.2, -0.15) is 0 Å². The highest BCUT2D eigenvalue weighted by molar-refractivity contribution is 7.91. The molecule has 92 valence electrons. The Morgan fingerprint density at radius 3 is 2.59 bits per heavy atom. The first-order chi connectivity index (χ1) is 7.96. The molecule has 17 heavy (non-hydrogen) atoms. The van der Waals surface area contributed by atoms with Gasteiger partial charge in [0.2, 0.25) is 0 Å². The van der Waals surface area contributed by atoms with Gasteiger partial charge in [-0.1, -0.05) is 24.3 Å². The molecule has 1 aromatic carbocycles. The van der Waals surface area contributed by atoms with Gasteiger partial charge in [0.05, 0.1) is 16.4 Å². The Hall–Kier alpha value is -1.69. The Bertz CT molecular complexity index is 522. The van der Waals surface area contributed by atoms with Crippen LogP contribution in [0, 0.1) is 10.1 Å². The standard InChI is InChI=1S/C11H13NO4S/c1-2-8-17(15,16)9-7-10-5-3-4-6-11(10)12(13)14/h2-6H,1,7-9H2. The lowest BCUT2D eigenvalue weighted by molar-refractivity contribution is -0.385. The number of nitro groups is 1. The second-order valence-electron chi connectivity index (χ2n) is 3.54. The fourth-order valence-corrected chi connectivity index (χ4v) is 2.49. The van der Waals surface area contributed by atoms with Crippen molar-refractivity contribution in [1.82, 2.24) is 0 Å². The molecule has 0 fully saturated rings. The maximum Gasteiger partial charge on any atom is 0.272 e. The summed E-state index contributed by atoms with van der Waals surface area (Å²) in [7, 11) is -3.21. The van der Waals surface area contributed by atoms with Crippen molar-refractivity contribution >= 4 is 15.5 Å². The normalized spacial score (nSPS) is 11.1. The van der Waals surface area contributed by atoms with Gasteiger partial charge in [0.15, 0.2) is 9.84 Å². The molecule has 0 bridgehead atoms. The minimum absolute atomic E-state index is 0.0405. The smallest absolute Gasteiger partial charge is 0.258 e. The molecule has 0 aliphatic rings. The highest BCUT2D eigenvalue weighted by atomic mass is 32.2. The number of hydrogen-bond donors (Lipinski definition) is 0. The lowest BCUT2D eigenvalue weighted by Gasteiger charge is -2.03. The van der Waals surface area contributed by atoms with Gasteiger partial charge < -0.3 is 0 Å². The van der Waals surface area contributed by atoms with E-state index in [1.807, 2.05) is 0 Å². The van der Waals surface area contributed by atoms with Crippen LogP contribution in [0.3, 0.4) is 0 Å². The fraction of sp³-hybridized carbons (Fsp3) is 0.273. The highest BCUT2D eigenvalue weighted by Crippen LogP contribution is 2.18. The summed E-state index contributed by atoms with van der Waals surface area (Å²) in [4.78, 5) is 10.2. The molecule has 0 aliphatic heterocycles. The molecule has 0 N–H and O–H groups in total. The SMILES string of the molecule is C=CCS(=O)(=O)CCc1ccccc1[N+](=O)[O-]. The molecule has 6 heteroatoms. The lowest BCUT2D eigenvalue weighted by atomic mass is 10.1. The molecule has 1 rings (SSSR count). The van der Waals surface area contributed by atoms with Crippen molar-refractivity contribution < 1.29 is 13.3 Å². The lowest BCUT2D eigenvalue weighted by Crippen LogP contribution is -2.12. The summed E-state index contributed by atoms with van der Waals surface area (Å²) in [5, 5.41) is 10.7. The number of para-hydroxylation sites is 1. The van der Waals surface area contributed by atoms with Crippen LogP contribution >= 0.6 is 0 Å². The number of hydrogen-bond acceptors (Lipinski definition) is 4. The van der Waals surface area contributed by atoms with E-state index in [2.05, 4.69) is 6.58 Å². The van der Waals surface area contributed by atoms with Crippen molar-refractivity contribution in [1.29, 1.82) is 0 Å². The number of benzene rings is 1. The Morgan fingerprint density at radius 1 is 1.35 bits per heavy atom. The predicted octanol–water partition coefficient (Wildman–Crippen LogP) is 1.74. The molecule has 0 saturated heterocycles. The van der Waals surface area contributed by atoms with Crippen LogP contribution in [0.15, 0.2) is 36.9 Å². The van der Waals surface area contributed by atoms with Crippen LogP contribution < -0.4 is 0 Å². The second-order valence-corrected chi connectivity index (χ2v) is 5.77. The van der Waals surface area contributed by atoms with Crippen LogP contribution in [0.25, 0.3) is 0 Å². The molecule has 0 amide bonds. The van der Waals surface area contributed by atoms with Crippen LogP contribution in [0.1, 0.15) is 5.56 Å². The summed E-state index contributed by atoms with van der Waals surface area (Å²) >= 11 is 0. The molecule has 0 aliphatic carbocycles. The second kappa shape index (κ2) is 5.58. The minimum Gasteiger partial charge on any atom is -0.258 e. The molecule has 5 nitrogen and oxygen atoms in total. The topological polar surface area (TPSA) is 77.3 Å². The molecule has 1 aromatic rings. The number of sulfone groups is 1. The first-order valence-corrected chi connectivity index (χ1v) is 6.82. The third kappa shape index (κ3) is 3.99. The number of rotatable bonds is 6. The third-order valence-electron chi connectivity index (χ3n) is 2.24. The number of nitro benzene ring substituents is 1. The van der Waals surface area contributed by atoms with Gasteiger partial charge in [-0.15, -0.1) is 6.58 Å². The van der Waals surface area contributed by atoms with Gasteiger partial charge in [0, 0.05) is 11.6 Å². The maximum atomic E-state index is 11.4. The molecule has 0 unspecified atom stereocenters. The Labute approximate surface area is 99.8 Å². The van der Waals surface area contributed by atoms with Crippen LogP contribution in [0.4, 0.5) is 5.69 Å². The van der Waals surface area contributed by atoms with Crippen molar-refractivity contribution in [3.05, 3.63) is 52.6 Å². The molecule has 0 heterocycles. The molecular weight excluding hydrogens is 242 g/mol. The van der Waals surface area contributed by atoms with E-state index in [1.54, 1.807) is 18.2 Å². The van der Waals surface area contributed by atoms with Crippen LogP contribution in [0.5, 0.6) is 0 Å². The van der Waals surface area contributed by atoms with Gasteiger partial charge in [-0.05, 0) is 6.42 Å².